The second-order valence-corrected chi connectivity index (χ2v) is 4.49. The Bertz CT molecular complexity index is 387. The van der Waals surface area contributed by atoms with E-state index < -0.39 is 0 Å². The molecule has 0 aliphatic heterocycles. The first-order valence-electron chi connectivity index (χ1n) is 5.87. The highest BCUT2D eigenvalue weighted by Gasteiger charge is 2.14. The molecule has 0 aliphatic rings. The van der Waals surface area contributed by atoms with E-state index in [0.29, 0.717) is 11.5 Å². The molecule has 1 aromatic carbocycles. The molecule has 0 saturated carbocycles. The molecule has 0 aliphatic carbocycles. The van der Waals surface area contributed by atoms with Crippen LogP contribution < -0.4 is 10.6 Å². The second kappa shape index (κ2) is 6.57. The van der Waals surface area contributed by atoms with Crippen LogP contribution in [-0.2, 0) is 0 Å². The highest BCUT2D eigenvalue weighted by atomic mass is 32.1. The molecule has 17 heavy (non-hydrogen) atoms. The number of aliphatic hydroxyl groups is 1. The van der Waals surface area contributed by atoms with Crippen molar-refractivity contribution in [1.82, 2.24) is 0 Å². The van der Waals surface area contributed by atoms with Crippen LogP contribution in [0.1, 0.15) is 24.5 Å². The van der Waals surface area contributed by atoms with Crippen molar-refractivity contribution in [3.05, 3.63) is 29.3 Å². The average Bonchev–Trinajstić information content (AvgIpc) is 2.28. The zero-order chi connectivity index (χ0) is 12.8. The van der Waals surface area contributed by atoms with Gasteiger partial charge in [-0.1, -0.05) is 31.3 Å². The molecule has 3 N–H and O–H groups in total. The number of hydrogen-bond acceptors (Lipinski definition) is 3. The number of benzene rings is 1. The standard InChI is InChI=1S/C13H20N2OS/c1-3-7-15(8-9-16)12-10(2)5-4-6-11(12)13(14)17/h4-6,16H,3,7-9H2,1-2H3,(H2,14,17). The van der Waals surface area contributed by atoms with Crippen LogP contribution in [0, 0.1) is 6.92 Å². The monoisotopic (exact) mass is 252 g/mol. The van der Waals surface area contributed by atoms with E-state index in [1.54, 1.807) is 0 Å². The van der Waals surface area contributed by atoms with E-state index in [9.17, 15) is 0 Å². The molecular formula is C13H20N2OS. The smallest absolute Gasteiger partial charge is 0.106 e. The molecule has 1 aromatic rings. The predicted octanol–water partition coefficient (Wildman–Crippen LogP) is 1.84. The number of thiocarbonyl (C=S) groups is 1. The molecule has 0 unspecified atom stereocenters. The fourth-order valence-corrected chi connectivity index (χ4v) is 2.17. The molecule has 4 heteroatoms. The molecule has 0 heterocycles. The van der Waals surface area contributed by atoms with Crippen LogP contribution in [0.3, 0.4) is 0 Å². The van der Waals surface area contributed by atoms with Crippen LogP contribution in [-0.4, -0.2) is 29.8 Å². The van der Waals surface area contributed by atoms with Crippen molar-refractivity contribution >= 4 is 22.9 Å². The number of nitrogens with zero attached hydrogens (tertiary/aromatic N) is 1. The first kappa shape index (κ1) is 13.9. The first-order chi connectivity index (χ1) is 8.11. The predicted molar refractivity (Wildman–Crippen MR) is 76.7 cm³/mol. The van der Waals surface area contributed by atoms with Gasteiger partial charge in [0.2, 0.25) is 0 Å². The summed E-state index contributed by atoms with van der Waals surface area (Å²) in [6, 6.07) is 5.93. The number of anilines is 1. The molecule has 0 atom stereocenters. The Balaban J connectivity index is 3.19. The van der Waals surface area contributed by atoms with Gasteiger partial charge in [0.15, 0.2) is 0 Å². The van der Waals surface area contributed by atoms with Gasteiger partial charge in [-0.15, -0.1) is 0 Å². The van der Waals surface area contributed by atoms with Gasteiger partial charge in [0.1, 0.15) is 4.99 Å². The average molecular weight is 252 g/mol. The lowest BCUT2D eigenvalue weighted by Gasteiger charge is -2.27. The molecular weight excluding hydrogens is 232 g/mol. The maximum atomic E-state index is 9.14. The van der Waals surface area contributed by atoms with E-state index in [2.05, 4.69) is 11.8 Å². The van der Waals surface area contributed by atoms with Crippen LogP contribution in [0.4, 0.5) is 5.69 Å². The van der Waals surface area contributed by atoms with Crippen molar-refractivity contribution in [3.8, 4) is 0 Å². The number of aryl methyl sites for hydroxylation is 1. The fourth-order valence-electron chi connectivity index (χ4n) is 2.00. The third kappa shape index (κ3) is 3.41. The third-order valence-electron chi connectivity index (χ3n) is 2.68. The van der Waals surface area contributed by atoms with E-state index in [-0.39, 0.29) is 6.61 Å². The SMILES string of the molecule is CCCN(CCO)c1c(C)cccc1C(N)=S. The lowest BCUT2D eigenvalue weighted by Crippen LogP contribution is -2.30. The molecule has 0 aromatic heterocycles. The lowest BCUT2D eigenvalue weighted by atomic mass is 10.1. The molecule has 1 rings (SSSR count). The summed E-state index contributed by atoms with van der Waals surface area (Å²) in [6.45, 7) is 5.78. The van der Waals surface area contributed by atoms with Gasteiger partial charge >= 0.3 is 0 Å². The Morgan fingerprint density at radius 1 is 1.41 bits per heavy atom. The van der Waals surface area contributed by atoms with Crippen LogP contribution in [0.2, 0.25) is 0 Å². The quantitative estimate of drug-likeness (QED) is 0.759. The van der Waals surface area contributed by atoms with E-state index in [4.69, 9.17) is 23.1 Å². The minimum atomic E-state index is 0.130. The van der Waals surface area contributed by atoms with Crippen LogP contribution in [0.5, 0.6) is 0 Å². The van der Waals surface area contributed by atoms with Crippen LogP contribution in [0.15, 0.2) is 18.2 Å². The Kier molecular flexibility index (Phi) is 5.38. The summed E-state index contributed by atoms with van der Waals surface area (Å²) in [4.78, 5) is 2.55. The minimum absolute atomic E-state index is 0.130. The van der Waals surface area contributed by atoms with Gasteiger partial charge in [-0.25, -0.2) is 0 Å². The zero-order valence-corrected chi connectivity index (χ0v) is 11.3. The summed E-state index contributed by atoms with van der Waals surface area (Å²) in [7, 11) is 0. The summed E-state index contributed by atoms with van der Waals surface area (Å²) in [5.74, 6) is 0. The van der Waals surface area contributed by atoms with Crippen molar-refractivity contribution in [2.75, 3.05) is 24.6 Å². The minimum Gasteiger partial charge on any atom is -0.395 e. The molecule has 94 valence electrons. The van der Waals surface area contributed by atoms with Gasteiger partial charge in [-0.2, -0.15) is 0 Å². The maximum Gasteiger partial charge on any atom is 0.106 e. The first-order valence-corrected chi connectivity index (χ1v) is 6.27. The van der Waals surface area contributed by atoms with Crippen molar-refractivity contribution in [1.29, 1.82) is 0 Å². The number of rotatable bonds is 6. The molecule has 0 bridgehead atoms. The van der Waals surface area contributed by atoms with Crippen LogP contribution in [0.25, 0.3) is 0 Å². The number of nitrogens with two attached hydrogens (primary N) is 1. The fraction of sp³-hybridized carbons (Fsp3) is 0.462. The van der Waals surface area contributed by atoms with Crippen molar-refractivity contribution in [3.63, 3.8) is 0 Å². The van der Waals surface area contributed by atoms with Gasteiger partial charge in [-0.3, -0.25) is 0 Å². The van der Waals surface area contributed by atoms with Gasteiger partial charge in [0.25, 0.3) is 0 Å². The second-order valence-electron chi connectivity index (χ2n) is 4.05. The Morgan fingerprint density at radius 2 is 2.12 bits per heavy atom. The van der Waals surface area contributed by atoms with Gasteiger partial charge in [0.05, 0.1) is 6.61 Å². The van der Waals surface area contributed by atoms with Crippen LogP contribution >= 0.6 is 12.2 Å². The van der Waals surface area contributed by atoms with Gasteiger partial charge < -0.3 is 15.7 Å². The zero-order valence-electron chi connectivity index (χ0n) is 10.4. The highest BCUT2D eigenvalue weighted by molar-refractivity contribution is 7.80. The number of para-hydroxylation sites is 1. The normalized spacial score (nSPS) is 10.3. The summed E-state index contributed by atoms with van der Waals surface area (Å²) < 4.78 is 0. The molecule has 0 radical (unpaired) electrons. The highest BCUT2D eigenvalue weighted by Crippen LogP contribution is 2.25. The van der Waals surface area contributed by atoms with Gasteiger partial charge in [-0.05, 0) is 25.0 Å². The number of aliphatic hydroxyl groups excluding tert-OH is 1. The summed E-state index contributed by atoms with van der Waals surface area (Å²) in [5.41, 5.74) is 8.83. The van der Waals surface area contributed by atoms with Gasteiger partial charge in [0, 0.05) is 24.3 Å². The Hall–Kier alpha value is -1.13. The molecule has 3 nitrogen and oxygen atoms in total. The topological polar surface area (TPSA) is 49.5 Å². The summed E-state index contributed by atoms with van der Waals surface area (Å²) in [6.07, 6.45) is 1.02. The van der Waals surface area contributed by atoms with Crippen molar-refractivity contribution in [2.24, 2.45) is 5.73 Å². The van der Waals surface area contributed by atoms with E-state index in [1.807, 2.05) is 25.1 Å². The molecule has 0 spiro atoms. The van der Waals surface area contributed by atoms with Crippen molar-refractivity contribution < 1.29 is 5.11 Å². The van der Waals surface area contributed by atoms with E-state index >= 15 is 0 Å². The van der Waals surface area contributed by atoms with E-state index in [1.165, 1.54) is 0 Å². The van der Waals surface area contributed by atoms with Crippen molar-refractivity contribution in [2.45, 2.75) is 20.3 Å². The molecule has 0 amide bonds. The number of hydrogen-bond donors (Lipinski definition) is 2. The largest absolute Gasteiger partial charge is 0.395 e. The third-order valence-corrected chi connectivity index (χ3v) is 2.90. The van der Waals surface area contributed by atoms with E-state index in [0.717, 1.165) is 29.8 Å². The maximum absolute atomic E-state index is 9.14. The Labute approximate surface area is 108 Å². The lowest BCUT2D eigenvalue weighted by molar-refractivity contribution is 0.302. The summed E-state index contributed by atoms with van der Waals surface area (Å²) >= 11 is 5.09. The molecule has 0 saturated heterocycles. The Morgan fingerprint density at radius 3 is 2.65 bits per heavy atom. The summed E-state index contributed by atoms with van der Waals surface area (Å²) in [5, 5.41) is 9.14. The molecule has 0 fully saturated rings.